The van der Waals surface area contributed by atoms with E-state index in [2.05, 4.69) is 6.92 Å². The summed E-state index contributed by atoms with van der Waals surface area (Å²) in [5, 5.41) is 0.159. The lowest BCUT2D eigenvalue weighted by Gasteiger charge is -2.43. The summed E-state index contributed by atoms with van der Waals surface area (Å²) in [6, 6.07) is 0. The van der Waals surface area contributed by atoms with Crippen LogP contribution < -0.4 is 0 Å². The maximum absolute atomic E-state index is 6.31. The first kappa shape index (κ1) is 11.6. The van der Waals surface area contributed by atoms with E-state index >= 15 is 0 Å². The second kappa shape index (κ2) is 3.87. The topological polar surface area (TPSA) is 0 Å². The number of rotatable bonds is 2. The Labute approximate surface area is 105 Å². The smallest absolute Gasteiger partial charge is 0.0536 e. The summed E-state index contributed by atoms with van der Waals surface area (Å²) in [6.07, 6.45) is 1.10. The van der Waals surface area contributed by atoms with E-state index in [9.17, 15) is 0 Å². The van der Waals surface area contributed by atoms with E-state index in [4.69, 9.17) is 46.4 Å². The van der Waals surface area contributed by atoms with Gasteiger partial charge in [0.15, 0.2) is 0 Å². The summed E-state index contributed by atoms with van der Waals surface area (Å²) < 4.78 is 0. The maximum atomic E-state index is 6.31. The van der Waals surface area contributed by atoms with Crippen molar-refractivity contribution in [2.24, 2.45) is 23.2 Å². The first-order valence-corrected chi connectivity index (χ1v) is 6.90. The van der Waals surface area contributed by atoms with Crippen LogP contribution in [0, 0.1) is 23.2 Å². The maximum Gasteiger partial charge on any atom is 0.0536 e. The number of hydrogen-bond acceptors (Lipinski definition) is 0. The predicted octanol–water partition coefficient (Wildman–Crippen LogP) is 3.95. The van der Waals surface area contributed by atoms with Gasteiger partial charge in [0, 0.05) is 11.8 Å². The second-order valence-electron chi connectivity index (χ2n) is 4.80. The molecule has 0 aromatic rings. The van der Waals surface area contributed by atoms with Crippen LogP contribution in [0.3, 0.4) is 0 Å². The fourth-order valence-corrected chi connectivity index (χ4v) is 5.29. The van der Waals surface area contributed by atoms with Crippen LogP contribution in [0.15, 0.2) is 0 Å². The Balaban J connectivity index is 2.29. The molecule has 0 amide bonds. The molecular weight excluding hydrogens is 262 g/mol. The van der Waals surface area contributed by atoms with Crippen LogP contribution in [0.2, 0.25) is 0 Å². The van der Waals surface area contributed by atoms with Crippen LogP contribution in [-0.2, 0) is 0 Å². The van der Waals surface area contributed by atoms with Crippen LogP contribution in [0.25, 0.3) is 0 Å². The number of alkyl halides is 4. The van der Waals surface area contributed by atoms with Crippen molar-refractivity contribution in [1.82, 2.24) is 0 Å². The molecule has 0 unspecified atom stereocenters. The van der Waals surface area contributed by atoms with Crippen molar-refractivity contribution in [3.63, 3.8) is 0 Å². The van der Waals surface area contributed by atoms with Gasteiger partial charge in [-0.1, -0.05) is 6.92 Å². The van der Waals surface area contributed by atoms with Gasteiger partial charge in [0.2, 0.25) is 0 Å². The van der Waals surface area contributed by atoms with Gasteiger partial charge in [-0.2, -0.15) is 0 Å². The first-order valence-electron chi connectivity index (χ1n) is 4.96. The van der Waals surface area contributed by atoms with Crippen LogP contribution >= 0.6 is 46.4 Å². The Morgan fingerprint density at radius 2 is 1.86 bits per heavy atom. The second-order valence-corrected chi connectivity index (χ2v) is 6.38. The minimum Gasteiger partial charge on any atom is -0.126 e. The summed E-state index contributed by atoms with van der Waals surface area (Å²) in [5.74, 6) is 2.63. The lowest BCUT2D eigenvalue weighted by Crippen LogP contribution is -2.45. The van der Waals surface area contributed by atoms with Gasteiger partial charge in [-0.3, -0.25) is 0 Å². The van der Waals surface area contributed by atoms with Gasteiger partial charge >= 0.3 is 0 Å². The number of halogens is 4. The molecule has 6 atom stereocenters. The molecule has 2 aliphatic rings. The summed E-state index contributed by atoms with van der Waals surface area (Å²) in [4.78, 5) is 0. The third-order valence-electron chi connectivity index (χ3n) is 4.29. The molecule has 0 aliphatic heterocycles. The Hall–Kier alpha value is 1.16. The Morgan fingerprint density at radius 3 is 2.36 bits per heavy atom. The van der Waals surface area contributed by atoms with Crippen molar-refractivity contribution in [2.45, 2.75) is 24.1 Å². The summed E-state index contributed by atoms with van der Waals surface area (Å²) in [7, 11) is 0. The molecule has 2 fully saturated rings. The minimum absolute atomic E-state index is 0.0740. The zero-order chi connectivity index (χ0) is 10.5. The zero-order valence-electron chi connectivity index (χ0n) is 8.02. The molecular formula is C10H14Cl4. The molecule has 0 saturated heterocycles. The van der Waals surface area contributed by atoms with Crippen molar-refractivity contribution in [1.29, 1.82) is 0 Å². The van der Waals surface area contributed by atoms with Crippen LogP contribution in [0.4, 0.5) is 0 Å². The summed E-state index contributed by atoms with van der Waals surface area (Å²) in [5.41, 5.74) is 0.0891. The highest BCUT2D eigenvalue weighted by molar-refractivity contribution is 6.31. The first-order chi connectivity index (χ1) is 6.56. The SMILES string of the molecule is C[C@]1(CCl)[C@@H]2C[C@@H]([C@@H](Cl)[C@H]2Cl)[C@H]1CCl. The van der Waals surface area contributed by atoms with Crippen molar-refractivity contribution in [3.8, 4) is 0 Å². The fourth-order valence-electron chi connectivity index (χ4n) is 3.28. The third-order valence-corrected chi connectivity index (χ3v) is 6.50. The van der Waals surface area contributed by atoms with E-state index in [-0.39, 0.29) is 16.2 Å². The molecule has 2 rings (SSSR count). The van der Waals surface area contributed by atoms with Crippen molar-refractivity contribution in [2.75, 3.05) is 11.8 Å². The molecule has 14 heavy (non-hydrogen) atoms. The fraction of sp³-hybridized carbons (Fsp3) is 1.00. The van der Waals surface area contributed by atoms with Crippen LogP contribution in [0.1, 0.15) is 13.3 Å². The Kier molecular flexibility index (Phi) is 3.22. The van der Waals surface area contributed by atoms with Crippen molar-refractivity contribution < 1.29 is 0 Å². The van der Waals surface area contributed by atoms with Gasteiger partial charge in [0.05, 0.1) is 10.8 Å². The van der Waals surface area contributed by atoms with Crippen LogP contribution in [-0.4, -0.2) is 22.5 Å². The van der Waals surface area contributed by atoms with E-state index in [1.807, 2.05) is 0 Å². The average Bonchev–Trinajstić information content (AvgIpc) is 2.63. The molecule has 2 aliphatic carbocycles. The van der Waals surface area contributed by atoms with Gasteiger partial charge in [-0.25, -0.2) is 0 Å². The molecule has 0 nitrogen and oxygen atoms in total. The van der Waals surface area contributed by atoms with E-state index in [1.54, 1.807) is 0 Å². The third kappa shape index (κ3) is 1.34. The molecule has 2 bridgehead atoms. The zero-order valence-corrected chi connectivity index (χ0v) is 11.0. The van der Waals surface area contributed by atoms with Crippen LogP contribution in [0.5, 0.6) is 0 Å². The normalized spacial score (nSPS) is 56.8. The molecule has 0 aromatic carbocycles. The molecule has 82 valence electrons. The molecule has 2 saturated carbocycles. The van der Waals surface area contributed by atoms with Gasteiger partial charge in [-0.05, 0) is 29.6 Å². The number of fused-ring (bicyclic) bond motifs is 2. The molecule has 4 heteroatoms. The number of hydrogen-bond donors (Lipinski definition) is 0. The minimum atomic E-state index is 0.0740. The summed E-state index contributed by atoms with van der Waals surface area (Å²) >= 11 is 24.7. The monoisotopic (exact) mass is 274 g/mol. The average molecular weight is 276 g/mol. The van der Waals surface area contributed by atoms with Crippen molar-refractivity contribution >= 4 is 46.4 Å². The summed E-state index contributed by atoms with van der Waals surface area (Å²) in [6.45, 7) is 2.20. The largest absolute Gasteiger partial charge is 0.126 e. The van der Waals surface area contributed by atoms with E-state index in [1.165, 1.54) is 0 Å². The highest BCUT2D eigenvalue weighted by atomic mass is 35.5. The van der Waals surface area contributed by atoms with E-state index in [0.29, 0.717) is 29.5 Å². The Morgan fingerprint density at radius 1 is 1.21 bits per heavy atom. The van der Waals surface area contributed by atoms with E-state index in [0.717, 1.165) is 6.42 Å². The quantitative estimate of drug-likeness (QED) is 0.670. The van der Waals surface area contributed by atoms with Gasteiger partial charge in [0.1, 0.15) is 0 Å². The van der Waals surface area contributed by atoms with Crippen molar-refractivity contribution in [3.05, 3.63) is 0 Å². The molecule has 0 heterocycles. The van der Waals surface area contributed by atoms with Gasteiger partial charge in [0.25, 0.3) is 0 Å². The standard InChI is InChI=1S/C10H14Cl4/c1-10(4-12)6-2-5(7(10)3-11)8(13)9(6)14/h5-9H,2-4H2,1H3/t5-,6-,7-,8-,9+,10+/m1/s1. The van der Waals surface area contributed by atoms with Gasteiger partial charge < -0.3 is 0 Å². The molecule has 0 spiro atoms. The molecule has 0 aromatic heterocycles. The molecule has 0 radical (unpaired) electrons. The lowest BCUT2D eigenvalue weighted by atomic mass is 9.69. The highest BCUT2D eigenvalue weighted by Crippen LogP contribution is 2.62. The Bertz CT molecular complexity index is 228. The molecule has 0 N–H and O–H groups in total. The predicted molar refractivity (Wildman–Crippen MR) is 63.9 cm³/mol. The van der Waals surface area contributed by atoms with Gasteiger partial charge in [-0.15, -0.1) is 46.4 Å². The van der Waals surface area contributed by atoms with E-state index < -0.39 is 0 Å². The lowest BCUT2D eigenvalue weighted by molar-refractivity contribution is 0.150. The highest BCUT2D eigenvalue weighted by Gasteiger charge is 2.62.